The van der Waals surface area contributed by atoms with E-state index in [1.165, 1.54) is 160 Å². The van der Waals surface area contributed by atoms with E-state index in [9.17, 15) is 0 Å². The molecule has 0 amide bonds. The van der Waals surface area contributed by atoms with Gasteiger partial charge in [-0.2, -0.15) is 0 Å². The second kappa shape index (κ2) is 31.3. The zero-order valence-electron chi connectivity index (χ0n) is 72.9. The van der Waals surface area contributed by atoms with E-state index in [1.54, 1.807) is 0 Å². The third-order valence-corrected chi connectivity index (χ3v) is 27.3. The first-order valence-corrected chi connectivity index (χ1v) is 45.8. The van der Waals surface area contributed by atoms with E-state index in [-0.39, 0.29) is 0 Å². The largest absolute Gasteiger partial charge is 0.316 e. The molecule has 6 aromatic heterocycles. The van der Waals surface area contributed by atoms with Gasteiger partial charge in [0.15, 0.2) is 23.3 Å². The smallest absolute Gasteiger partial charge is 0.235 e. The molecule has 135 heavy (non-hydrogen) atoms. The second-order valence-corrected chi connectivity index (χ2v) is 34.9. The van der Waals surface area contributed by atoms with Crippen molar-refractivity contribution in [2.45, 2.75) is 0 Å². The fourth-order valence-corrected chi connectivity index (χ4v) is 21.2. The third-order valence-electron chi connectivity index (χ3n) is 27.3. The van der Waals surface area contributed by atoms with Gasteiger partial charge in [0.25, 0.3) is 0 Å². The molecule has 0 saturated carbocycles. The molecule has 3 aliphatic rings. The molecule has 0 unspecified atom stereocenters. The molecule has 20 aromatic carbocycles. The molecule has 26 aromatic rings. The maximum absolute atomic E-state index is 5.27. The lowest BCUT2D eigenvalue weighted by Crippen LogP contribution is -2.03. The van der Waals surface area contributed by atoms with Crippen LogP contribution in [-0.2, 0) is 0 Å². The van der Waals surface area contributed by atoms with Crippen molar-refractivity contribution in [3.8, 4) is 174 Å². The Kier molecular flexibility index (Phi) is 17.8. The number of para-hydroxylation sites is 3. The molecule has 0 saturated heterocycles. The summed E-state index contributed by atoms with van der Waals surface area (Å²) in [4.78, 5) is 35.9. The number of fused-ring (bicyclic) bond motifs is 24. The summed E-state index contributed by atoms with van der Waals surface area (Å²) in [5.74, 6) is 3.44. The van der Waals surface area contributed by atoms with Crippen LogP contribution in [0.4, 0.5) is 0 Å². The highest BCUT2D eigenvalue weighted by Gasteiger charge is 2.32. The zero-order chi connectivity index (χ0) is 88.7. The summed E-state index contributed by atoms with van der Waals surface area (Å²) in [7, 11) is 0. The van der Waals surface area contributed by atoms with Crippen LogP contribution in [0.5, 0.6) is 0 Å². The second-order valence-electron chi connectivity index (χ2n) is 34.9. The molecule has 0 aliphatic heterocycles. The van der Waals surface area contributed by atoms with E-state index >= 15 is 0 Å². The summed E-state index contributed by atoms with van der Waals surface area (Å²) in [6.07, 6.45) is 6.85. The van der Waals surface area contributed by atoms with Gasteiger partial charge < -0.3 is 4.57 Å². The van der Waals surface area contributed by atoms with E-state index in [0.717, 1.165) is 89.1 Å². The molecule has 0 atom stereocenters. The normalized spacial score (nSPS) is 11.9. The Hall–Kier alpha value is -18.3. The molecule has 10 heteroatoms. The molecule has 0 spiro atoms. The average Bonchev–Trinajstić information content (AvgIpc) is 1.56. The van der Waals surface area contributed by atoms with Gasteiger partial charge in [0.1, 0.15) is 5.69 Å². The first-order chi connectivity index (χ1) is 67.0. The topological polar surface area (TPSA) is 105 Å². The highest BCUT2D eigenvalue weighted by molar-refractivity contribution is 6.25. The minimum absolute atomic E-state index is 0.639. The summed E-state index contributed by atoms with van der Waals surface area (Å²) < 4.78 is 6.82. The molecule has 10 nitrogen and oxygen atoms in total. The van der Waals surface area contributed by atoms with Crippen molar-refractivity contribution in [3.05, 3.63) is 461 Å². The van der Waals surface area contributed by atoms with E-state index in [0.29, 0.717) is 23.4 Å². The van der Waals surface area contributed by atoms with Gasteiger partial charge in [0.2, 0.25) is 5.95 Å². The lowest BCUT2D eigenvalue weighted by atomic mass is 9.91. The summed E-state index contributed by atoms with van der Waals surface area (Å²) in [6.45, 7) is 0. The molecule has 0 N–H and O–H groups in total. The minimum Gasteiger partial charge on any atom is -0.316 e. The maximum Gasteiger partial charge on any atom is 0.235 e. The molecule has 3 aliphatic carbocycles. The number of nitrogens with zero attached hydrogens (tertiary/aromatic N) is 10. The summed E-state index contributed by atoms with van der Waals surface area (Å²) in [5.41, 5.74) is 36.4. The van der Waals surface area contributed by atoms with Crippen molar-refractivity contribution >= 4 is 97.7 Å². The zero-order valence-corrected chi connectivity index (χ0v) is 72.9. The average molecular weight is 1720 g/mol. The molecule has 626 valence electrons. The van der Waals surface area contributed by atoms with Crippen LogP contribution in [0.15, 0.2) is 461 Å². The molecule has 29 rings (SSSR count). The van der Waals surface area contributed by atoms with Gasteiger partial charge >= 0.3 is 0 Å². The Morgan fingerprint density at radius 3 is 0.963 bits per heavy atom. The Balaban J connectivity index is 0.000000104. The number of hydrogen-bond acceptors (Lipinski definition) is 7. The molecular weight excluding hydrogens is 1640 g/mol. The standard InChI is InChI=1S/C49H30N4.2C38H23N3/c1-2-13-32(14-3-1)47-50-48(52-49(51-47)36-23-22-31-12-4-5-15-34(31)28-36)33-24-26-37(27-25-33)53-30-43-41-20-9-8-18-39(41)40-19-10-11-21-42(40)45-38-17-7-6-16-35(38)29-44(53)46(43)45;1-2-12-24(13-3-1)37-38(40-33-21-11-10-20-32(33)39-37)41-23-31-29-18-7-6-16-27(29)28-17-8-9-19-30(28)35-26-15-5-4-14-25(26)22-34(41)36(31)35;1-2-12-24(13-3-1)37-31-20-10-11-21-33(31)39-38(40-37)41-23-32-29-18-7-6-16-27(29)28-17-8-9-19-30(28)35-26-15-5-4-14-25(26)22-34(41)36(32)35/h1-30H;2*1-23H. The van der Waals surface area contributed by atoms with Crippen LogP contribution in [0.2, 0.25) is 0 Å². The Morgan fingerprint density at radius 2 is 0.489 bits per heavy atom. The van der Waals surface area contributed by atoms with Crippen LogP contribution in [-0.4, -0.2) is 48.6 Å². The lowest BCUT2D eigenvalue weighted by molar-refractivity contribution is 0.985. The Labute approximate surface area is 776 Å². The van der Waals surface area contributed by atoms with Crippen LogP contribution >= 0.6 is 0 Å². The number of rotatable bonds is 8. The van der Waals surface area contributed by atoms with Crippen LogP contribution in [0, 0.1) is 0 Å². The monoisotopic (exact) mass is 1720 g/mol. The maximum atomic E-state index is 5.27. The molecular formula is C125H76N10. The van der Waals surface area contributed by atoms with Crippen molar-refractivity contribution in [3.63, 3.8) is 0 Å². The molecule has 0 radical (unpaired) electrons. The van der Waals surface area contributed by atoms with Gasteiger partial charge in [-0.1, -0.05) is 376 Å². The Morgan fingerprint density at radius 1 is 0.170 bits per heavy atom. The number of aromatic nitrogens is 10. The lowest BCUT2D eigenvalue weighted by Gasteiger charge is -2.16. The van der Waals surface area contributed by atoms with Crippen molar-refractivity contribution < 1.29 is 0 Å². The van der Waals surface area contributed by atoms with Crippen molar-refractivity contribution in [1.82, 2.24) is 48.6 Å². The van der Waals surface area contributed by atoms with Gasteiger partial charge in [-0.3, -0.25) is 9.13 Å². The summed E-state index contributed by atoms with van der Waals surface area (Å²) >= 11 is 0. The predicted octanol–water partition coefficient (Wildman–Crippen LogP) is 31.9. The quantitative estimate of drug-likeness (QED) is 0.149. The van der Waals surface area contributed by atoms with Crippen LogP contribution in [0.25, 0.3) is 272 Å². The van der Waals surface area contributed by atoms with Crippen molar-refractivity contribution in [2.24, 2.45) is 0 Å². The first-order valence-electron chi connectivity index (χ1n) is 45.8. The van der Waals surface area contributed by atoms with Gasteiger partial charge in [-0.25, -0.2) is 34.9 Å². The van der Waals surface area contributed by atoms with Crippen LogP contribution in [0.1, 0.15) is 0 Å². The van der Waals surface area contributed by atoms with Gasteiger partial charge in [-0.05, 0) is 177 Å². The highest BCUT2D eigenvalue weighted by atomic mass is 15.2. The molecule has 0 bridgehead atoms. The number of benzene rings is 20. The van der Waals surface area contributed by atoms with Crippen LogP contribution in [0.3, 0.4) is 0 Å². The fourth-order valence-electron chi connectivity index (χ4n) is 21.2. The van der Waals surface area contributed by atoms with E-state index in [2.05, 4.69) is 402 Å². The van der Waals surface area contributed by atoms with E-state index < -0.39 is 0 Å². The van der Waals surface area contributed by atoms with E-state index in [1.807, 2.05) is 72.8 Å². The van der Waals surface area contributed by atoms with Crippen LogP contribution < -0.4 is 0 Å². The molecule has 6 heterocycles. The van der Waals surface area contributed by atoms with Crippen molar-refractivity contribution in [2.75, 3.05) is 0 Å². The minimum atomic E-state index is 0.639. The fraction of sp³-hybridized carbons (Fsp3) is 0. The first kappa shape index (κ1) is 76.8. The van der Waals surface area contributed by atoms with Gasteiger partial charge in [0.05, 0.1) is 38.8 Å². The third kappa shape index (κ3) is 12.6. The molecule has 0 fully saturated rings. The summed E-state index contributed by atoms with van der Waals surface area (Å²) in [5, 5.41) is 14.5. The van der Waals surface area contributed by atoms with E-state index in [4.69, 9.17) is 34.9 Å². The van der Waals surface area contributed by atoms with Gasteiger partial charge in [-0.15, -0.1) is 0 Å². The SMILES string of the molecule is c1ccc(-c2nc(-c3ccc(-n4cc5c6c(c7ccccc7cc64)-c4ccccc4-c4ccccc4-5)cc3)nc(-c3ccc4ccccc4c3)n2)cc1.c1ccc(-c2nc(-n3cc4c5c(c6ccccc6cc53)-c3ccccc3-c3ccccc3-4)nc3ccccc23)cc1.c1ccc(-c2nc3ccccc3nc2-n2cc3c4c(c5ccccc5cc42)-c2ccccc2-c2ccccc2-3)cc1. The van der Waals surface area contributed by atoms with Crippen molar-refractivity contribution in [1.29, 1.82) is 0 Å². The number of hydrogen-bond donors (Lipinski definition) is 0. The van der Waals surface area contributed by atoms with Gasteiger partial charge in [0, 0.05) is 107 Å². The highest BCUT2D eigenvalue weighted by Crippen LogP contribution is 2.56. The predicted molar refractivity (Wildman–Crippen MR) is 556 cm³/mol. The Bertz CT molecular complexity index is 9380. The summed E-state index contributed by atoms with van der Waals surface area (Å²) in [6, 6.07) is 157.